The summed E-state index contributed by atoms with van der Waals surface area (Å²) >= 11 is 0. The van der Waals surface area contributed by atoms with Crippen molar-refractivity contribution in [3.05, 3.63) is 54.1 Å². The van der Waals surface area contributed by atoms with E-state index in [9.17, 15) is 4.79 Å². The number of aromatic nitrogens is 3. The molecule has 0 aliphatic heterocycles. The number of carbonyl (C=O) groups is 1. The fraction of sp³-hybridized carbons (Fsp3) is 0.167. The number of pyridine rings is 2. The van der Waals surface area contributed by atoms with Gasteiger partial charge in [0.1, 0.15) is 13.9 Å². The van der Waals surface area contributed by atoms with Crippen LogP contribution in [0, 0.1) is 11.5 Å². The quantitative estimate of drug-likeness (QED) is 0.413. The maximum Gasteiger partial charge on any atom is 0.151 e. The molecule has 3 aromatic rings. The molecule has 4 nitrogen and oxygen atoms in total. The zero-order valence-corrected chi connectivity index (χ0v) is 14.4. The molecule has 0 N–H and O–H groups in total. The van der Waals surface area contributed by atoms with Crippen molar-refractivity contribution in [3.63, 3.8) is 0 Å². The van der Waals surface area contributed by atoms with Crippen molar-refractivity contribution in [3.8, 4) is 17.3 Å². The summed E-state index contributed by atoms with van der Waals surface area (Å²) in [7, 11) is -1.50. The molecule has 0 aliphatic carbocycles. The third-order valence-corrected chi connectivity index (χ3v) is 4.24. The van der Waals surface area contributed by atoms with E-state index in [4.69, 9.17) is 0 Å². The van der Waals surface area contributed by atoms with Crippen LogP contribution >= 0.6 is 0 Å². The molecule has 3 heterocycles. The largest absolute Gasteiger partial charge is 0.300 e. The highest BCUT2D eigenvalue weighted by molar-refractivity contribution is 6.83. The van der Waals surface area contributed by atoms with Crippen LogP contribution in [-0.2, 0) is 0 Å². The zero-order valence-electron chi connectivity index (χ0n) is 13.4. The number of aldehydes is 1. The minimum absolute atomic E-state index is 0.562. The van der Waals surface area contributed by atoms with E-state index in [1.807, 2.05) is 22.9 Å². The van der Waals surface area contributed by atoms with Crippen LogP contribution in [0.5, 0.6) is 0 Å². The average Bonchev–Trinajstić information content (AvgIpc) is 2.96. The molecule has 0 unspecified atom stereocenters. The van der Waals surface area contributed by atoms with Gasteiger partial charge in [-0.05, 0) is 18.2 Å². The van der Waals surface area contributed by atoms with Crippen molar-refractivity contribution in [1.82, 2.24) is 14.5 Å². The number of carbonyl (C=O) groups excluding carboxylic acids is 1. The minimum atomic E-state index is -1.50. The van der Waals surface area contributed by atoms with Crippen LogP contribution in [0.3, 0.4) is 0 Å². The molecular weight excluding hydrogens is 302 g/mol. The first-order valence-corrected chi connectivity index (χ1v) is 10.9. The van der Waals surface area contributed by atoms with Gasteiger partial charge in [0.15, 0.2) is 6.29 Å². The van der Waals surface area contributed by atoms with Gasteiger partial charge in [0.25, 0.3) is 0 Å². The van der Waals surface area contributed by atoms with E-state index in [2.05, 4.69) is 41.1 Å². The predicted octanol–water partition coefficient (Wildman–Crippen LogP) is 3.46. The molecular formula is C18H17N3OSi. The summed E-state index contributed by atoms with van der Waals surface area (Å²) in [6.07, 6.45) is 7.98. The Morgan fingerprint density at radius 1 is 1.22 bits per heavy atom. The van der Waals surface area contributed by atoms with Crippen LogP contribution in [0.15, 0.2) is 43.0 Å². The number of hydrogen-bond donors (Lipinski definition) is 0. The summed E-state index contributed by atoms with van der Waals surface area (Å²) in [5.41, 5.74) is 5.47. The lowest BCUT2D eigenvalue weighted by Gasteiger charge is -2.07. The van der Waals surface area contributed by atoms with Gasteiger partial charge in [-0.25, -0.2) is 4.98 Å². The monoisotopic (exact) mass is 319 g/mol. The Bertz CT molecular complexity index is 942. The maximum atomic E-state index is 11.4. The summed E-state index contributed by atoms with van der Waals surface area (Å²) in [5, 5.41) is 1.08. The molecule has 0 aliphatic rings. The lowest BCUT2D eigenvalue weighted by molar-refractivity contribution is 0.112. The number of hydrogen-bond acceptors (Lipinski definition) is 3. The number of nitrogens with zero attached hydrogens (tertiary/aromatic N) is 3. The molecule has 114 valence electrons. The Morgan fingerprint density at radius 3 is 2.78 bits per heavy atom. The third-order valence-electron chi connectivity index (χ3n) is 3.36. The summed E-state index contributed by atoms with van der Waals surface area (Å²) in [5.74, 6) is 3.80. The smallest absolute Gasteiger partial charge is 0.151 e. The van der Waals surface area contributed by atoms with Crippen molar-refractivity contribution < 1.29 is 4.79 Å². The van der Waals surface area contributed by atoms with Crippen molar-refractivity contribution >= 4 is 25.3 Å². The van der Waals surface area contributed by atoms with Gasteiger partial charge in [-0.15, -0.1) is 5.54 Å². The van der Waals surface area contributed by atoms with Crippen LogP contribution in [0.2, 0.25) is 19.6 Å². The Morgan fingerprint density at radius 2 is 2.04 bits per heavy atom. The van der Waals surface area contributed by atoms with Gasteiger partial charge in [0.2, 0.25) is 0 Å². The minimum Gasteiger partial charge on any atom is -0.300 e. The SMILES string of the molecule is C[Si](C)(C)C#Cc1cnc(-n2ccc3ccncc32)cc1C=O. The fourth-order valence-corrected chi connectivity index (χ4v) is 2.73. The van der Waals surface area contributed by atoms with Gasteiger partial charge < -0.3 is 0 Å². The van der Waals surface area contributed by atoms with Gasteiger partial charge in [0, 0.05) is 29.5 Å². The zero-order chi connectivity index (χ0) is 16.4. The number of rotatable bonds is 2. The summed E-state index contributed by atoms with van der Waals surface area (Å²) in [6, 6.07) is 5.71. The molecule has 3 rings (SSSR count). The van der Waals surface area contributed by atoms with Crippen LogP contribution in [-0.4, -0.2) is 28.9 Å². The second-order valence-electron chi connectivity index (χ2n) is 6.37. The number of fused-ring (bicyclic) bond motifs is 1. The lowest BCUT2D eigenvalue weighted by atomic mass is 10.1. The highest BCUT2D eigenvalue weighted by Crippen LogP contribution is 2.19. The Hall–Kier alpha value is -2.71. The Labute approximate surface area is 136 Å². The molecule has 0 spiro atoms. The van der Waals surface area contributed by atoms with E-state index in [0.29, 0.717) is 16.9 Å². The van der Waals surface area contributed by atoms with E-state index in [-0.39, 0.29) is 0 Å². The molecule has 3 aromatic heterocycles. The fourth-order valence-electron chi connectivity index (χ4n) is 2.22. The molecule has 0 aromatic carbocycles. The van der Waals surface area contributed by atoms with Gasteiger partial charge in [-0.3, -0.25) is 14.3 Å². The second-order valence-corrected chi connectivity index (χ2v) is 11.1. The summed E-state index contributed by atoms with van der Waals surface area (Å²) in [6.45, 7) is 6.50. The summed E-state index contributed by atoms with van der Waals surface area (Å²) in [4.78, 5) is 20.1. The second kappa shape index (κ2) is 5.82. The van der Waals surface area contributed by atoms with Crippen LogP contribution < -0.4 is 0 Å². The van der Waals surface area contributed by atoms with Crippen LogP contribution in [0.4, 0.5) is 0 Å². The predicted molar refractivity (Wildman–Crippen MR) is 94.5 cm³/mol. The maximum absolute atomic E-state index is 11.4. The highest BCUT2D eigenvalue weighted by atomic mass is 28.3. The summed E-state index contributed by atoms with van der Waals surface area (Å²) < 4.78 is 1.92. The first kappa shape index (κ1) is 15.2. The van der Waals surface area contributed by atoms with Gasteiger partial charge in [-0.2, -0.15) is 0 Å². The normalized spacial score (nSPS) is 11.1. The molecule has 0 amide bonds. The van der Waals surface area contributed by atoms with E-state index in [0.717, 1.165) is 17.2 Å². The molecule has 5 heteroatoms. The van der Waals surface area contributed by atoms with E-state index < -0.39 is 8.07 Å². The Balaban J connectivity index is 2.09. The standard InChI is InChI=1S/C18H17N3OSi/c1-23(2,3)9-6-15-11-20-18(10-16(15)13-22)21-8-5-14-4-7-19-12-17(14)21/h4-5,7-8,10-13H,1-3H3. The van der Waals surface area contributed by atoms with Crippen molar-refractivity contribution in [2.75, 3.05) is 0 Å². The molecule has 0 atom stereocenters. The van der Waals surface area contributed by atoms with Crippen molar-refractivity contribution in [1.29, 1.82) is 0 Å². The molecule has 0 bridgehead atoms. The molecule has 0 saturated carbocycles. The van der Waals surface area contributed by atoms with E-state index in [1.165, 1.54) is 0 Å². The van der Waals surface area contributed by atoms with E-state index >= 15 is 0 Å². The first-order valence-electron chi connectivity index (χ1n) is 7.38. The van der Waals surface area contributed by atoms with Crippen molar-refractivity contribution in [2.45, 2.75) is 19.6 Å². The van der Waals surface area contributed by atoms with Gasteiger partial charge in [-0.1, -0.05) is 25.6 Å². The van der Waals surface area contributed by atoms with Crippen LogP contribution in [0.1, 0.15) is 15.9 Å². The highest BCUT2D eigenvalue weighted by Gasteiger charge is 2.10. The Kier molecular flexibility index (Phi) is 3.85. The molecule has 0 fully saturated rings. The molecule has 0 saturated heterocycles. The molecule has 23 heavy (non-hydrogen) atoms. The van der Waals surface area contributed by atoms with Crippen LogP contribution in [0.25, 0.3) is 16.7 Å². The topological polar surface area (TPSA) is 47.8 Å². The molecule has 0 radical (unpaired) electrons. The average molecular weight is 319 g/mol. The van der Waals surface area contributed by atoms with E-state index in [1.54, 1.807) is 24.7 Å². The third kappa shape index (κ3) is 3.22. The van der Waals surface area contributed by atoms with Gasteiger partial charge in [0.05, 0.1) is 17.3 Å². The first-order chi connectivity index (χ1) is 11.0. The van der Waals surface area contributed by atoms with Gasteiger partial charge >= 0.3 is 0 Å². The lowest BCUT2D eigenvalue weighted by Crippen LogP contribution is -2.16. The van der Waals surface area contributed by atoms with Crippen molar-refractivity contribution in [2.24, 2.45) is 0 Å².